The van der Waals surface area contributed by atoms with Crippen LogP contribution in [0, 0.1) is 12.7 Å². The number of alkyl halides is 3. The molecule has 0 aliphatic carbocycles. The molecule has 0 aliphatic heterocycles. The molecule has 0 aliphatic rings. The fourth-order valence-corrected chi connectivity index (χ4v) is 4.64. The van der Waals surface area contributed by atoms with E-state index in [2.05, 4.69) is 10.0 Å². The Kier molecular flexibility index (Phi) is 7.81. The Morgan fingerprint density at radius 1 is 1.03 bits per heavy atom. The zero-order valence-electron chi connectivity index (χ0n) is 18.7. The molecule has 0 fully saturated rings. The van der Waals surface area contributed by atoms with Crippen LogP contribution in [0.4, 0.5) is 23.2 Å². The quantitative estimate of drug-likeness (QED) is 0.431. The number of benzene rings is 3. The number of carbonyl (C=O) groups is 1. The second kappa shape index (κ2) is 10.4. The van der Waals surface area contributed by atoms with Crippen molar-refractivity contribution >= 4 is 21.6 Å². The molecule has 3 rings (SSSR count). The Morgan fingerprint density at radius 2 is 1.71 bits per heavy atom. The van der Waals surface area contributed by atoms with Crippen LogP contribution >= 0.6 is 0 Å². The molecule has 35 heavy (non-hydrogen) atoms. The first kappa shape index (κ1) is 26.2. The van der Waals surface area contributed by atoms with Crippen LogP contribution in [0.3, 0.4) is 0 Å². The minimum absolute atomic E-state index is 0.0889. The third-order valence-corrected chi connectivity index (χ3v) is 6.58. The van der Waals surface area contributed by atoms with Gasteiger partial charge in [-0.2, -0.15) is 17.9 Å². The molecule has 1 amide bonds. The maximum absolute atomic E-state index is 13.6. The Bertz CT molecular complexity index is 1310. The van der Waals surface area contributed by atoms with Crippen molar-refractivity contribution in [2.45, 2.75) is 30.5 Å². The fraction of sp³-hybridized carbons (Fsp3) is 0.208. The van der Waals surface area contributed by atoms with Gasteiger partial charge < -0.3 is 10.1 Å². The molecule has 3 aromatic carbocycles. The average Bonchev–Trinajstić information content (AvgIpc) is 2.79. The van der Waals surface area contributed by atoms with Crippen molar-refractivity contribution < 1.29 is 35.5 Å². The zero-order valence-corrected chi connectivity index (χ0v) is 19.5. The van der Waals surface area contributed by atoms with Gasteiger partial charge >= 0.3 is 6.18 Å². The first-order chi connectivity index (χ1) is 16.4. The summed E-state index contributed by atoms with van der Waals surface area (Å²) in [4.78, 5) is 12.9. The van der Waals surface area contributed by atoms with E-state index in [4.69, 9.17) is 4.74 Å². The van der Waals surface area contributed by atoms with Crippen molar-refractivity contribution in [2.75, 3.05) is 12.4 Å². The molecule has 0 unspecified atom stereocenters. The maximum atomic E-state index is 13.6. The number of anilines is 1. The highest BCUT2D eigenvalue weighted by atomic mass is 32.2. The van der Waals surface area contributed by atoms with Crippen LogP contribution < -0.4 is 14.8 Å². The van der Waals surface area contributed by atoms with Gasteiger partial charge in [0.05, 0.1) is 17.6 Å². The lowest BCUT2D eigenvalue weighted by Gasteiger charge is -2.20. The number of hydrogen-bond donors (Lipinski definition) is 2. The molecule has 3 aromatic rings. The van der Waals surface area contributed by atoms with E-state index in [-0.39, 0.29) is 17.0 Å². The molecular formula is C24H22F4N2O4S. The molecule has 0 radical (unpaired) electrons. The standard InChI is InChI=1S/C24H22F4N2O4S/c1-15-12-18(9-11-22(15)34-2)35(32,33)30-21(13-16-6-4-3-5-7-16)23(31)29-17-8-10-20(25)19(14-17)24(26,27)28/h3-12,14,21,30H,13H2,1-2H3,(H,29,31)/t21-/m1/s1. The highest BCUT2D eigenvalue weighted by Gasteiger charge is 2.34. The molecule has 0 bridgehead atoms. The van der Waals surface area contributed by atoms with Crippen LogP contribution in [0.5, 0.6) is 5.75 Å². The number of amides is 1. The number of ether oxygens (including phenoxy) is 1. The lowest BCUT2D eigenvalue weighted by molar-refractivity contribution is -0.140. The molecule has 0 heterocycles. The lowest BCUT2D eigenvalue weighted by atomic mass is 10.1. The number of rotatable bonds is 8. The van der Waals surface area contributed by atoms with Gasteiger partial charge in [0.2, 0.25) is 15.9 Å². The third kappa shape index (κ3) is 6.58. The topological polar surface area (TPSA) is 84.5 Å². The van der Waals surface area contributed by atoms with Crippen LogP contribution in [0.2, 0.25) is 0 Å². The van der Waals surface area contributed by atoms with Gasteiger partial charge in [-0.3, -0.25) is 4.79 Å². The van der Waals surface area contributed by atoms with Gasteiger partial charge in [-0.05, 0) is 60.9 Å². The highest BCUT2D eigenvalue weighted by Crippen LogP contribution is 2.33. The van der Waals surface area contributed by atoms with Crippen LogP contribution in [-0.2, 0) is 27.4 Å². The highest BCUT2D eigenvalue weighted by molar-refractivity contribution is 7.89. The van der Waals surface area contributed by atoms with Crippen LogP contribution in [0.25, 0.3) is 0 Å². The monoisotopic (exact) mass is 510 g/mol. The van der Waals surface area contributed by atoms with Gasteiger partial charge in [0.25, 0.3) is 0 Å². The van der Waals surface area contributed by atoms with E-state index in [1.807, 2.05) is 0 Å². The number of carbonyl (C=O) groups excluding carboxylic acids is 1. The minimum Gasteiger partial charge on any atom is -0.496 e. The molecule has 0 saturated carbocycles. The van der Waals surface area contributed by atoms with Gasteiger partial charge in [-0.15, -0.1) is 0 Å². The first-order valence-corrected chi connectivity index (χ1v) is 11.8. The van der Waals surface area contributed by atoms with Crippen molar-refractivity contribution in [3.63, 3.8) is 0 Å². The molecular weight excluding hydrogens is 488 g/mol. The molecule has 186 valence electrons. The minimum atomic E-state index is -4.97. The summed E-state index contributed by atoms with van der Waals surface area (Å²) in [6.45, 7) is 1.65. The molecule has 0 spiro atoms. The second-order valence-electron chi connectivity index (χ2n) is 7.68. The van der Waals surface area contributed by atoms with Gasteiger partial charge in [0, 0.05) is 5.69 Å². The van der Waals surface area contributed by atoms with Crippen LogP contribution in [-0.4, -0.2) is 27.5 Å². The molecule has 11 heteroatoms. The summed E-state index contributed by atoms with van der Waals surface area (Å²) in [5.41, 5.74) is -0.729. The second-order valence-corrected chi connectivity index (χ2v) is 9.39. The number of hydrogen-bond acceptors (Lipinski definition) is 4. The number of methoxy groups -OCH3 is 1. The smallest absolute Gasteiger partial charge is 0.419 e. The van der Waals surface area contributed by atoms with Crippen molar-refractivity contribution in [2.24, 2.45) is 0 Å². The van der Waals surface area contributed by atoms with E-state index in [0.717, 1.165) is 6.07 Å². The van der Waals surface area contributed by atoms with Gasteiger partial charge in [0.1, 0.15) is 17.6 Å². The molecule has 0 saturated heterocycles. The Balaban J connectivity index is 1.91. The van der Waals surface area contributed by atoms with Crippen LogP contribution in [0.1, 0.15) is 16.7 Å². The predicted octanol–water partition coefficient (Wildman–Crippen LogP) is 4.69. The van der Waals surface area contributed by atoms with Gasteiger partial charge in [0.15, 0.2) is 0 Å². The van der Waals surface area contributed by atoms with Gasteiger partial charge in [-0.25, -0.2) is 12.8 Å². The summed E-state index contributed by atoms with van der Waals surface area (Å²) < 4.78 is 86.3. The fourth-order valence-electron chi connectivity index (χ4n) is 3.36. The Labute approximate surface area is 200 Å². The number of nitrogens with one attached hydrogen (secondary N) is 2. The summed E-state index contributed by atoms with van der Waals surface area (Å²) in [6, 6.07) is 13.2. The predicted molar refractivity (Wildman–Crippen MR) is 122 cm³/mol. The van der Waals surface area contributed by atoms with E-state index in [9.17, 15) is 30.8 Å². The van der Waals surface area contributed by atoms with Crippen LogP contribution in [0.15, 0.2) is 71.6 Å². The van der Waals surface area contributed by atoms with E-state index in [1.165, 1.54) is 25.3 Å². The Hall–Kier alpha value is -3.44. The van der Waals surface area contributed by atoms with E-state index >= 15 is 0 Å². The summed E-state index contributed by atoms with van der Waals surface area (Å²) in [5.74, 6) is -1.94. The molecule has 6 nitrogen and oxygen atoms in total. The molecule has 2 N–H and O–H groups in total. The zero-order chi connectivity index (χ0) is 25.8. The summed E-state index contributed by atoms with van der Waals surface area (Å²) >= 11 is 0. The van der Waals surface area contributed by atoms with E-state index < -0.39 is 39.5 Å². The average molecular weight is 511 g/mol. The Morgan fingerprint density at radius 3 is 2.31 bits per heavy atom. The van der Waals surface area contributed by atoms with Gasteiger partial charge in [-0.1, -0.05) is 30.3 Å². The number of halogens is 4. The number of sulfonamides is 1. The van der Waals surface area contributed by atoms with E-state index in [0.29, 0.717) is 29.0 Å². The van der Waals surface area contributed by atoms with Crippen molar-refractivity contribution in [3.8, 4) is 5.75 Å². The van der Waals surface area contributed by atoms with Crippen molar-refractivity contribution in [1.29, 1.82) is 0 Å². The summed E-state index contributed by atoms with van der Waals surface area (Å²) in [7, 11) is -2.77. The molecule has 1 atom stereocenters. The summed E-state index contributed by atoms with van der Waals surface area (Å²) in [5, 5.41) is 2.25. The maximum Gasteiger partial charge on any atom is 0.419 e. The first-order valence-electron chi connectivity index (χ1n) is 10.3. The SMILES string of the molecule is COc1ccc(S(=O)(=O)N[C@H](Cc2ccccc2)C(=O)Nc2ccc(F)c(C(F)(F)F)c2)cc1C. The van der Waals surface area contributed by atoms with Crippen molar-refractivity contribution in [1.82, 2.24) is 4.72 Å². The third-order valence-electron chi connectivity index (χ3n) is 5.11. The molecule has 0 aromatic heterocycles. The lowest BCUT2D eigenvalue weighted by Crippen LogP contribution is -2.45. The normalized spacial score (nSPS) is 12.7. The largest absolute Gasteiger partial charge is 0.496 e. The number of aryl methyl sites for hydroxylation is 1. The summed E-state index contributed by atoms with van der Waals surface area (Å²) in [6.07, 6.45) is -5.06. The van der Waals surface area contributed by atoms with Crippen molar-refractivity contribution in [3.05, 3.63) is 89.2 Å². The van der Waals surface area contributed by atoms with E-state index in [1.54, 1.807) is 37.3 Å².